The highest BCUT2D eigenvalue weighted by Gasteiger charge is 2.03. The van der Waals surface area contributed by atoms with Crippen LogP contribution in [0.1, 0.15) is 103 Å². The first-order chi connectivity index (χ1) is 28.8. The summed E-state index contributed by atoms with van der Waals surface area (Å²) < 4.78 is 66.1. The van der Waals surface area contributed by atoms with Gasteiger partial charge in [0.2, 0.25) is 0 Å². The molecule has 0 radical (unpaired) electrons. The van der Waals surface area contributed by atoms with E-state index < -0.39 is 0 Å². The number of aryl methyl sites for hydroxylation is 1. The third kappa shape index (κ3) is 40.9. The predicted octanol–water partition coefficient (Wildman–Crippen LogP) is 7.43. The fraction of sp³-hybridized carbons (Fsp3) is 0.844. The topological polar surface area (TPSA) is 128 Å². The molecule has 340 valence electrons. The first-order valence-electron chi connectivity index (χ1n) is 22.4. The van der Waals surface area contributed by atoms with Crippen LogP contribution in [0.2, 0.25) is 0 Å². The van der Waals surface area contributed by atoms with Crippen LogP contribution < -0.4 is 4.74 Å². The van der Waals surface area contributed by atoms with Gasteiger partial charge in [-0.25, -0.2) is 0 Å². The molecule has 0 aromatic heterocycles. The summed E-state index contributed by atoms with van der Waals surface area (Å²) in [6.45, 7) is 15.1. The molecule has 0 aliphatic rings. The minimum absolute atomic E-state index is 0.147. The molecule has 0 unspecified atom stereocenters. The fourth-order valence-electron chi connectivity index (χ4n) is 5.50. The van der Waals surface area contributed by atoms with Crippen LogP contribution in [0.25, 0.3) is 0 Å². The zero-order valence-electron chi connectivity index (χ0n) is 36.6. The van der Waals surface area contributed by atoms with E-state index in [2.05, 4.69) is 38.1 Å². The lowest BCUT2D eigenvalue weighted by Crippen LogP contribution is -2.15. The lowest BCUT2D eigenvalue weighted by Gasteiger charge is -2.09. The molecule has 0 N–H and O–H groups in total. The van der Waals surface area contributed by atoms with Crippen molar-refractivity contribution in [3.8, 4) is 5.75 Å². The number of benzene rings is 1. The van der Waals surface area contributed by atoms with E-state index in [-0.39, 0.29) is 12.6 Å². The second-order valence-electron chi connectivity index (χ2n) is 13.9. The van der Waals surface area contributed by atoms with Crippen molar-refractivity contribution in [2.45, 2.75) is 104 Å². The van der Waals surface area contributed by atoms with Crippen molar-refractivity contribution in [2.24, 2.45) is 0 Å². The Morgan fingerprint density at radius 1 is 0.362 bits per heavy atom. The number of carbonyl (C=O) groups excluding carboxylic acids is 1. The van der Waals surface area contributed by atoms with E-state index >= 15 is 0 Å². The second-order valence-corrected chi connectivity index (χ2v) is 13.9. The highest BCUT2D eigenvalue weighted by Crippen LogP contribution is 2.15. The Morgan fingerprint density at radius 3 is 1.05 bits per heavy atom. The molecule has 1 aromatic carbocycles. The summed E-state index contributed by atoms with van der Waals surface area (Å²) in [5, 5.41) is 0. The Balaban J connectivity index is 1.68. The van der Waals surface area contributed by atoms with Crippen molar-refractivity contribution in [3.05, 3.63) is 29.8 Å². The van der Waals surface area contributed by atoms with E-state index in [0.29, 0.717) is 145 Å². The number of esters is 1. The van der Waals surface area contributed by atoms with Crippen LogP contribution in [-0.4, -0.2) is 151 Å². The van der Waals surface area contributed by atoms with Crippen LogP contribution in [-0.2, 0) is 63.3 Å². The maximum Gasteiger partial charge on any atom is 0.305 e. The Morgan fingerprint density at radius 2 is 0.672 bits per heavy atom. The summed E-state index contributed by atoms with van der Waals surface area (Å²) in [4.78, 5) is 11.6. The van der Waals surface area contributed by atoms with Crippen molar-refractivity contribution in [2.75, 3.05) is 145 Å². The fourth-order valence-corrected chi connectivity index (χ4v) is 5.50. The van der Waals surface area contributed by atoms with Crippen molar-refractivity contribution in [1.29, 1.82) is 0 Å². The second kappa shape index (κ2) is 46.2. The molecule has 13 nitrogen and oxygen atoms in total. The summed E-state index contributed by atoms with van der Waals surface area (Å²) >= 11 is 0. The maximum atomic E-state index is 11.6. The van der Waals surface area contributed by atoms with E-state index in [4.69, 9.17) is 56.8 Å². The van der Waals surface area contributed by atoms with Crippen LogP contribution in [0.3, 0.4) is 0 Å². The third-order valence-electron chi connectivity index (χ3n) is 8.81. The molecule has 0 saturated heterocycles. The SMILES string of the molecule is CCCCCCCCCc1ccc(OCCOCCOCCOCCOCCOCCOCCOCCOCCOCCOCCOC(=O)CCCCCCC)cc1. The molecule has 0 aliphatic carbocycles. The highest BCUT2D eigenvalue weighted by atomic mass is 16.6. The Kier molecular flexibility index (Phi) is 43.1. The largest absolute Gasteiger partial charge is 0.491 e. The summed E-state index contributed by atoms with van der Waals surface area (Å²) in [5.74, 6) is 0.738. The van der Waals surface area contributed by atoms with Crippen LogP contribution >= 0.6 is 0 Å². The van der Waals surface area contributed by atoms with Gasteiger partial charge in [0.25, 0.3) is 0 Å². The lowest BCUT2D eigenvalue weighted by molar-refractivity contribution is -0.145. The molecule has 0 saturated carbocycles. The van der Waals surface area contributed by atoms with E-state index in [1.807, 2.05) is 0 Å². The average Bonchev–Trinajstić information content (AvgIpc) is 3.24. The molecule has 13 heteroatoms. The number of carbonyl (C=O) groups is 1. The molecular formula is C45H82O13. The van der Waals surface area contributed by atoms with E-state index in [9.17, 15) is 4.79 Å². The van der Waals surface area contributed by atoms with Gasteiger partial charge in [-0.05, 0) is 37.0 Å². The van der Waals surface area contributed by atoms with Crippen molar-refractivity contribution < 1.29 is 61.6 Å². The minimum Gasteiger partial charge on any atom is -0.491 e. The van der Waals surface area contributed by atoms with Crippen LogP contribution in [0.4, 0.5) is 0 Å². The number of rotatable bonds is 48. The molecule has 0 heterocycles. The summed E-state index contributed by atoms with van der Waals surface area (Å²) in [7, 11) is 0. The first-order valence-corrected chi connectivity index (χ1v) is 22.4. The van der Waals surface area contributed by atoms with Crippen molar-refractivity contribution in [1.82, 2.24) is 0 Å². The molecule has 0 bridgehead atoms. The van der Waals surface area contributed by atoms with Gasteiger partial charge in [-0.1, -0.05) is 90.2 Å². The summed E-state index contributed by atoms with van der Waals surface area (Å²) in [6.07, 6.45) is 16.6. The van der Waals surface area contributed by atoms with Gasteiger partial charge in [-0.2, -0.15) is 0 Å². The summed E-state index contributed by atoms with van der Waals surface area (Å²) in [6, 6.07) is 8.45. The molecule has 1 aromatic rings. The molecular weight excluding hydrogens is 748 g/mol. The van der Waals surface area contributed by atoms with E-state index in [0.717, 1.165) is 25.0 Å². The highest BCUT2D eigenvalue weighted by molar-refractivity contribution is 5.69. The van der Waals surface area contributed by atoms with Gasteiger partial charge in [0.1, 0.15) is 19.0 Å². The normalized spacial score (nSPS) is 11.4. The number of ether oxygens (including phenoxy) is 12. The molecule has 0 aliphatic heterocycles. The maximum absolute atomic E-state index is 11.6. The van der Waals surface area contributed by atoms with Crippen molar-refractivity contribution in [3.63, 3.8) is 0 Å². The third-order valence-corrected chi connectivity index (χ3v) is 8.81. The molecule has 58 heavy (non-hydrogen) atoms. The number of hydrogen-bond acceptors (Lipinski definition) is 13. The monoisotopic (exact) mass is 831 g/mol. The first kappa shape index (κ1) is 54.1. The zero-order chi connectivity index (χ0) is 41.5. The van der Waals surface area contributed by atoms with Crippen LogP contribution in [0.15, 0.2) is 24.3 Å². The number of unbranched alkanes of at least 4 members (excludes halogenated alkanes) is 10. The van der Waals surface area contributed by atoms with E-state index in [1.54, 1.807) is 0 Å². The standard InChI is InChI=1S/C45H82O13/c1-3-5-7-9-10-12-13-15-43-17-19-44(20-18-43)57-41-39-55-37-35-53-33-31-51-29-27-49-25-23-47-21-22-48-24-26-50-28-30-52-32-34-54-36-38-56-40-42-58-45(46)16-14-11-8-6-4-2/h17-20H,3-16,21-42H2,1-2H3. The van der Waals surface area contributed by atoms with Crippen LogP contribution in [0, 0.1) is 0 Å². The molecule has 0 fully saturated rings. The zero-order valence-corrected chi connectivity index (χ0v) is 36.6. The Hall–Kier alpha value is -1.91. The minimum atomic E-state index is -0.147. The summed E-state index contributed by atoms with van der Waals surface area (Å²) in [5.41, 5.74) is 1.38. The van der Waals surface area contributed by atoms with Crippen molar-refractivity contribution >= 4 is 5.97 Å². The quantitative estimate of drug-likeness (QED) is 0.0478. The Labute approximate surface area is 351 Å². The molecule has 0 atom stereocenters. The molecule has 0 spiro atoms. The Bertz CT molecular complexity index is 953. The van der Waals surface area contributed by atoms with Gasteiger partial charge in [0, 0.05) is 6.42 Å². The van der Waals surface area contributed by atoms with Gasteiger partial charge >= 0.3 is 5.97 Å². The van der Waals surface area contributed by atoms with Gasteiger partial charge in [0.15, 0.2) is 0 Å². The molecule has 1 rings (SSSR count). The average molecular weight is 831 g/mol. The van der Waals surface area contributed by atoms with E-state index in [1.165, 1.54) is 69.8 Å². The lowest BCUT2D eigenvalue weighted by atomic mass is 10.0. The van der Waals surface area contributed by atoms with Gasteiger partial charge in [-0.3, -0.25) is 4.79 Å². The van der Waals surface area contributed by atoms with Gasteiger partial charge in [0.05, 0.1) is 132 Å². The smallest absolute Gasteiger partial charge is 0.305 e. The number of hydrogen-bond donors (Lipinski definition) is 0. The van der Waals surface area contributed by atoms with Gasteiger partial charge < -0.3 is 56.8 Å². The molecule has 0 amide bonds. The predicted molar refractivity (Wildman–Crippen MR) is 226 cm³/mol. The van der Waals surface area contributed by atoms with Gasteiger partial charge in [-0.15, -0.1) is 0 Å². The van der Waals surface area contributed by atoms with Crippen LogP contribution in [0.5, 0.6) is 5.75 Å².